The third kappa shape index (κ3) is 4.01. The van der Waals surface area contributed by atoms with Crippen molar-refractivity contribution >= 4 is 33.2 Å². The molecule has 0 aromatic carbocycles. The minimum absolute atomic E-state index is 0.00182. The van der Waals surface area contributed by atoms with Gasteiger partial charge in [-0.2, -0.15) is 0 Å². The zero-order valence-electron chi connectivity index (χ0n) is 10.4. The van der Waals surface area contributed by atoms with Crippen molar-refractivity contribution in [3.05, 3.63) is 16.3 Å². The molecule has 1 rings (SSSR count). The zero-order valence-corrected chi connectivity index (χ0v) is 12.0. The number of carbonyl (C=O) groups is 2. The molecule has 0 radical (unpaired) electrons. The standard InChI is InChI=1S/C10H14N2O5S2/c1-12(2)19(16,17)7-5-8(18-6-7)10(15)11-4-3-9(13)14/h5-6H,3-4H2,1-2H3,(H,11,15)(H,13,14). The van der Waals surface area contributed by atoms with E-state index in [9.17, 15) is 18.0 Å². The van der Waals surface area contributed by atoms with E-state index in [1.165, 1.54) is 25.5 Å². The summed E-state index contributed by atoms with van der Waals surface area (Å²) in [5.74, 6) is -1.49. The Hall–Kier alpha value is -1.45. The summed E-state index contributed by atoms with van der Waals surface area (Å²) in [6.45, 7) is 0.00182. The summed E-state index contributed by atoms with van der Waals surface area (Å²) in [6.07, 6.45) is -0.181. The van der Waals surface area contributed by atoms with Crippen LogP contribution in [0.4, 0.5) is 0 Å². The molecule has 0 atom stereocenters. The Morgan fingerprint density at radius 3 is 2.58 bits per heavy atom. The fourth-order valence-corrected chi connectivity index (χ4v) is 3.23. The van der Waals surface area contributed by atoms with Crippen LogP contribution >= 0.6 is 11.3 Å². The van der Waals surface area contributed by atoms with Crippen molar-refractivity contribution in [2.45, 2.75) is 11.3 Å². The zero-order chi connectivity index (χ0) is 14.6. The molecule has 0 aliphatic heterocycles. The Kier molecular flexibility index (Phi) is 5.04. The molecule has 1 amide bonds. The van der Waals surface area contributed by atoms with E-state index in [1.54, 1.807) is 0 Å². The molecule has 0 bridgehead atoms. The van der Waals surface area contributed by atoms with Gasteiger partial charge in [0.25, 0.3) is 5.91 Å². The van der Waals surface area contributed by atoms with Gasteiger partial charge < -0.3 is 10.4 Å². The van der Waals surface area contributed by atoms with Crippen LogP contribution in [0.15, 0.2) is 16.3 Å². The van der Waals surface area contributed by atoms with Crippen molar-refractivity contribution in [1.29, 1.82) is 0 Å². The van der Waals surface area contributed by atoms with E-state index in [4.69, 9.17) is 5.11 Å². The van der Waals surface area contributed by atoms with Crippen LogP contribution in [-0.2, 0) is 14.8 Å². The molecule has 106 valence electrons. The molecule has 19 heavy (non-hydrogen) atoms. The minimum atomic E-state index is -3.55. The maximum absolute atomic E-state index is 11.8. The molecule has 0 unspecified atom stereocenters. The monoisotopic (exact) mass is 306 g/mol. The lowest BCUT2D eigenvalue weighted by atomic mass is 10.4. The average molecular weight is 306 g/mol. The van der Waals surface area contributed by atoms with E-state index in [0.717, 1.165) is 15.6 Å². The molecule has 0 spiro atoms. The second-order valence-corrected chi connectivity index (χ2v) is 6.90. The summed E-state index contributed by atoms with van der Waals surface area (Å²) in [5, 5.41) is 12.2. The van der Waals surface area contributed by atoms with Gasteiger partial charge >= 0.3 is 5.97 Å². The summed E-state index contributed by atoms with van der Waals surface area (Å²) in [7, 11) is -0.749. The molecule has 1 heterocycles. The van der Waals surface area contributed by atoms with Crippen LogP contribution in [0.25, 0.3) is 0 Å². The molecule has 1 aromatic rings. The number of carboxylic acid groups (broad SMARTS) is 1. The Morgan fingerprint density at radius 2 is 2.05 bits per heavy atom. The van der Waals surface area contributed by atoms with Gasteiger partial charge in [-0.3, -0.25) is 9.59 Å². The first-order valence-corrected chi connectivity index (χ1v) is 7.58. The van der Waals surface area contributed by atoms with Gasteiger partial charge in [0.2, 0.25) is 10.0 Å². The van der Waals surface area contributed by atoms with Gasteiger partial charge in [-0.25, -0.2) is 12.7 Å². The lowest BCUT2D eigenvalue weighted by Crippen LogP contribution is -2.25. The molecule has 0 aliphatic carbocycles. The third-order valence-electron chi connectivity index (χ3n) is 2.20. The summed E-state index contributed by atoms with van der Waals surface area (Å²) in [6, 6.07) is 1.27. The maximum atomic E-state index is 11.8. The van der Waals surface area contributed by atoms with Gasteiger partial charge in [0.15, 0.2) is 0 Å². The number of amides is 1. The molecule has 1 aromatic heterocycles. The van der Waals surface area contributed by atoms with Crippen LogP contribution in [0.5, 0.6) is 0 Å². The van der Waals surface area contributed by atoms with E-state index < -0.39 is 21.9 Å². The van der Waals surface area contributed by atoms with E-state index in [0.29, 0.717) is 0 Å². The van der Waals surface area contributed by atoms with Gasteiger partial charge in [-0.15, -0.1) is 11.3 Å². The number of carbonyl (C=O) groups excluding carboxylic acids is 1. The van der Waals surface area contributed by atoms with Gasteiger partial charge in [0.05, 0.1) is 16.2 Å². The molecule has 0 fully saturated rings. The second-order valence-electron chi connectivity index (χ2n) is 3.83. The molecular formula is C10H14N2O5S2. The first-order chi connectivity index (χ1) is 8.75. The fraction of sp³-hybridized carbons (Fsp3) is 0.400. The van der Waals surface area contributed by atoms with E-state index in [1.807, 2.05) is 0 Å². The van der Waals surface area contributed by atoms with E-state index >= 15 is 0 Å². The van der Waals surface area contributed by atoms with Crippen LogP contribution in [0.2, 0.25) is 0 Å². The van der Waals surface area contributed by atoms with E-state index in [2.05, 4.69) is 5.32 Å². The summed E-state index contributed by atoms with van der Waals surface area (Å²) in [4.78, 5) is 22.2. The highest BCUT2D eigenvalue weighted by Gasteiger charge is 2.20. The van der Waals surface area contributed by atoms with Crippen LogP contribution < -0.4 is 5.32 Å². The van der Waals surface area contributed by atoms with E-state index in [-0.39, 0.29) is 22.7 Å². The minimum Gasteiger partial charge on any atom is -0.481 e. The van der Waals surface area contributed by atoms with Gasteiger partial charge in [0.1, 0.15) is 0 Å². The summed E-state index contributed by atoms with van der Waals surface area (Å²) >= 11 is 0.995. The SMILES string of the molecule is CN(C)S(=O)(=O)c1csc(C(=O)NCCC(=O)O)c1. The number of thiophene rings is 1. The summed E-state index contributed by atoms with van der Waals surface area (Å²) in [5.41, 5.74) is 0. The lowest BCUT2D eigenvalue weighted by Gasteiger charge is -2.08. The quantitative estimate of drug-likeness (QED) is 0.781. The summed E-state index contributed by atoms with van der Waals surface area (Å²) < 4.78 is 24.6. The van der Waals surface area contributed by atoms with Crippen LogP contribution in [0.3, 0.4) is 0 Å². The van der Waals surface area contributed by atoms with Crippen molar-refractivity contribution in [2.24, 2.45) is 0 Å². The molecule has 2 N–H and O–H groups in total. The van der Waals surface area contributed by atoms with Crippen molar-refractivity contribution in [2.75, 3.05) is 20.6 Å². The van der Waals surface area contributed by atoms with Crippen molar-refractivity contribution in [3.63, 3.8) is 0 Å². The average Bonchev–Trinajstić information content (AvgIpc) is 2.77. The molecule has 0 aliphatic rings. The topological polar surface area (TPSA) is 104 Å². The number of nitrogens with one attached hydrogen (secondary N) is 1. The molecule has 0 saturated heterocycles. The number of rotatable bonds is 6. The third-order valence-corrected chi connectivity index (χ3v) is 5.07. The van der Waals surface area contributed by atoms with Gasteiger partial charge in [-0.1, -0.05) is 0 Å². The van der Waals surface area contributed by atoms with Gasteiger partial charge in [0, 0.05) is 26.0 Å². The molecule has 7 nitrogen and oxygen atoms in total. The predicted molar refractivity (Wildman–Crippen MR) is 69.8 cm³/mol. The highest BCUT2D eigenvalue weighted by atomic mass is 32.2. The Balaban J connectivity index is 2.75. The normalized spacial score (nSPS) is 11.5. The Labute approximate surface area is 114 Å². The molecule has 9 heteroatoms. The number of carboxylic acids is 1. The molecule has 0 saturated carbocycles. The lowest BCUT2D eigenvalue weighted by molar-refractivity contribution is -0.136. The number of sulfonamides is 1. The van der Waals surface area contributed by atoms with Gasteiger partial charge in [-0.05, 0) is 6.07 Å². The highest BCUT2D eigenvalue weighted by molar-refractivity contribution is 7.89. The number of hydrogen-bond acceptors (Lipinski definition) is 5. The number of nitrogens with zero attached hydrogens (tertiary/aromatic N) is 1. The smallest absolute Gasteiger partial charge is 0.305 e. The first-order valence-electron chi connectivity index (χ1n) is 5.26. The van der Waals surface area contributed by atoms with Crippen LogP contribution in [0, 0.1) is 0 Å². The Morgan fingerprint density at radius 1 is 1.42 bits per heavy atom. The van der Waals surface area contributed by atoms with Crippen LogP contribution in [-0.4, -0.2) is 50.3 Å². The molecular weight excluding hydrogens is 292 g/mol. The highest BCUT2D eigenvalue weighted by Crippen LogP contribution is 2.21. The largest absolute Gasteiger partial charge is 0.481 e. The Bertz CT molecular complexity index is 576. The number of hydrogen-bond donors (Lipinski definition) is 2. The predicted octanol–water partition coefficient (Wildman–Crippen LogP) is 0.203. The van der Waals surface area contributed by atoms with Crippen LogP contribution in [0.1, 0.15) is 16.1 Å². The van der Waals surface area contributed by atoms with Crippen molar-refractivity contribution < 1.29 is 23.1 Å². The maximum Gasteiger partial charge on any atom is 0.305 e. The number of aliphatic carboxylic acids is 1. The fourth-order valence-electron chi connectivity index (χ4n) is 1.15. The second kappa shape index (κ2) is 6.13. The van der Waals surface area contributed by atoms with Crippen molar-refractivity contribution in [1.82, 2.24) is 9.62 Å². The van der Waals surface area contributed by atoms with Crippen molar-refractivity contribution in [3.8, 4) is 0 Å². The first kappa shape index (κ1) is 15.6.